The van der Waals surface area contributed by atoms with Gasteiger partial charge in [-0.2, -0.15) is 0 Å². The maximum absolute atomic E-state index is 3.61. The zero-order valence-corrected chi connectivity index (χ0v) is 12.4. The second-order valence-corrected chi connectivity index (χ2v) is 5.99. The molecule has 0 spiro atoms. The van der Waals surface area contributed by atoms with Crippen molar-refractivity contribution < 1.29 is 0 Å². The molecule has 1 N–H and O–H groups in total. The molecule has 2 heteroatoms. The molecular weight excluding hydrogens is 196 g/mol. The topological polar surface area (TPSA) is 15.3 Å². The number of nitrogens with one attached hydrogen (secondary N) is 1. The molecule has 0 bridgehead atoms. The van der Waals surface area contributed by atoms with Gasteiger partial charge in [-0.05, 0) is 45.3 Å². The van der Waals surface area contributed by atoms with E-state index in [0.717, 1.165) is 13.1 Å². The number of rotatable bonds is 7. The molecule has 0 aliphatic rings. The Hall–Kier alpha value is -0.0800. The van der Waals surface area contributed by atoms with Crippen LogP contribution in [0.25, 0.3) is 0 Å². The molecule has 0 radical (unpaired) electrons. The largest absolute Gasteiger partial charge is 0.314 e. The van der Waals surface area contributed by atoms with Gasteiger partial charge in [-0.25, -0.2) is 0 Å². The van der Waals surface area contributed by atoms with E-state index in [2.05, 4.69) is 58.7 Å². The second kappa shape index (κ2) is 7.29. The van der Waals surface area contributed by atoms with Crippen LogP contribution in [-0.4, -0.2) is 36.6 Å². The van der Waals surface area contributed by atoms with E-state index in [-0.39, 0.29) is 0 Å². The Morgan fingerprint density at radius 1 is 1.12 bits per heavy atom. The summed E-state index contributed by atoms with van der Waals surface area (Å²) in [6.07, 6.45) is 1.24. The third-order valence-corrected chi connectivity index (χ3v) is 3.34. The molecule has 0 saturated carbocycles. The Bertz CT molecular complexity index is 170. The van der Waals surface area contributed by atoms with Crippen LogP contribution in [0.4, 0.5) is 0 Å². The summed E-state index contributed by atoms with van der Waals surface area (Å²) in [5.74, 6) is 0. The van der Waals surface area contributed by atoms with Gasteiger partial charge in [-0.3, -0.25) is 0 Å². The van der Waals surface area contributed by atoms with Crippen molar-refractivity contribution in [1.29, 1.82) is 0 Å². The Labute approximate surface area is 103 Å². The quantitative estimate of drug-likeness (QED) is 0.720. The van der Waals surface area contributed by atoms with E-state index < -0.39 is 0 Å². The van der Waals surface area contributed by atoms with Gasteiger partial charge >= 0.3 is 0 Å². The predicted octanol–water partition coefficient (Wildman–Crippen LogP) is 3.13. The summed E-state index contributed by atoms with van der Waals surface area (Å²) in [5, 5.41) is 3.61. The fourth-order valence-electron chi connectivity index (χ4n) is 2.16. The molecule has 0 fully saturated rings. The summed E-state index contributed by atoms with van der Waals surface area (Å²) in [6.45, 7) is 19.4. The molecule has 0 aromatic carbocycles. The zero-order valence-electron chi connectivity index (χ0n) is 12.4. The summed E-state index contributed by atoms with van der Waals surface area (Å²) >= 11 is 0. The zero-order chi connectivity index (χ0) is 12.8. The van der Waals surface area contributed by atoms with Gasteiger partial charge < -0.3 is 10.2 Å². The van der Waals surface area contributed by atoms with Crippen LogP contribution in [0.1, 0.15) is 54.9 Å². The fraction of sp³-hybridized carbons (Fsp3) is 1.00. The van der Waals surface area contributed by atoms with Crippen LogP contribution >= 0.6 is 0 Å². The molecule has 0 aliphatic carbocycles. The molecule has 1 atom stereocenters. The van der Waals surface area contributed by atoms with Crippen LogP contribution < -0.4 is 5.32 Å². The summed E-state index contributed by atoms with van der Waals surface area (Å²) in [5.41, 5.74) is 0.354. The van der Waals surface area contributed by atoms with Crippen molar-refractivity contribution in [2.45, 2.75) is 67.0 Å². The molecule has 1 unspecified atom stereocenters. The first-order chi connectivity index (χ1) is 7.32. The number of hydrogen-bond acceptors (Lipinski definition) is 2. The first-order valence-electron chi connectivity index (χ1n) is 6.80. The van der Waals surface area contributed by atoms with Gasteiger partial charge in [0.15, 0.2) is 0 Å². The third-order valence-electron chi connectivity index (χ3n) is 3.34. The van der Waals surface area contributed by atoms with Crippen molar-refractivity contribution in [3.8, 4) is 0 Å². The molecule has 2 nitrogen and oxygen atoms in total. The highest BCUT2D eigenvalue weighted by molar-refractivity contribution is 4.81. The number of hydrogen-bond donors (Lipinski definition) is 1. The second-order valence-electron chi connectivity index (χ2n) is 5.99. The van der Waals surface area contributed by atoms with Crippen molar-refractivity contribution in [3.63, 3.8) is 0 Å². The average Bonchev–Trinajstić information content (AvgIpc) is 2.15. The summed E-state index contributed by atoms with van der Waals surface area (Å²) < 4.78 is 0. The highest BCUT2D eigenvalue weighted by Gasteiger charge is 2.24. The first kappa shape index (κ1) is 15.9. The maximum atomic E-state index is 3.61. The van der Waals surface area contributed by atoms with Gasteiger partial charge in [0.1, 0.15) is 0 Å². The first-order valence-corrected chi connectivity index (χ1v) is 6.80. The Kier molecular flexibility index (Phi) is 7.25. The average molecular weight is 228 g/mol. The maximum Gasteiger partial charge on any atom is 0.0128 e. The highest BCUT2D eigenvalue weighted by atomic mass is 15.1. The van der Waals surface area contributed by atoms with Crippen LogP contribution in [0, 0.1) is 5.41 Å². The van der Waals surface area contributed by atoms with E-state index in [1.807, 2.05) is 0 Å². The van der Waals surface area contributed by atoms with E-state index in [1.165, 1.54) is 13.0 Å². The van der Waals surface area contributed by atoms with Crippen LogP contribution in [0.15, 0.2) is 0 Å². The van der Waals surface area contributed by atoms with E-state index in [9.17, 15) is 0 Å². The van der Waals surface area contributed by atoms with E-state index in [4.69, 9.17) is 0 Å². The Morgan fingerprint density at radius 2 is 1.69 bits per heavy atom. The molecule has 16 heavy (non-hydrogen) atoms. The van der Waals surface area contributed by atoms with E-state index in [0.29, 0.717) is 17.5 Å². The van der Waals surface area contributed by atoms with Crippen LogP contribution in [0.3, 0.4) is 0 Å². The van der Waals surface area contributed by atoms with Crippen molar-refractivity contribution in [1.82, 2.24) is 10.2 Å². The predicted molar refractivity (Wildman–Crippen MR) is 73.9 cm³/mol. The highest BCUT2D eigenvalue weighted by Crippen LogP contribution is 2.22. The van der Waals surface area contributed by atoms with Crippen LogP contribution in [0.2, 0.25) is 0 Å². The summed E-state index contributed by atoms with van der Waals surface area (Å²) in [7, 11) is 0. The fourth-order valence-corrected chi connectivity index (χ4v) is 2.16. The van der Waals surface area contributed by atoms with Crippen molar-refractivity contribution in [3.05, 3.63) is 0 Å². The molecule has 98 valence electrons. The Balaban J connectivity index is 4.20. The molecular formula is C14H32N2. The van der Waals surface area contributed by atoms with Crippen LogP contribution in [-0.2, 0) is 0 Å². The van der Waals surface area contributed by atoms with E-state index >= 15 is 0 Å². The molecule has 0 aromatic heterocycles. The van der Waals surface area contributed by atoms with Gasteiger partial charge in [-0.1, -0.05) is 34.6 Å². The van der Waals surface area contributed by atoms with Gasteiger partial charge in [0.2, 0.25) is 0 Å². The third kappa shape index (κ3) is 5.86. The lowest BCUT2D eigenvalue weighted by molar-refractivity contribution is 0.185. The molecule has 0 heterocycles. The SMILES string of the molecule is CCNC(CCN(CC)C(C)C)C(C)(C)C. The lowest BCUT2D eigenvalue weighted by Gasteiger charge is -2.34. The normalized spacial score (nSPS) is 14.8. The smallest absolute Gasteiger partial charge is 0.0128 e. The van der Waals surface area contributed by atoms with Crippen molar-refractivity contribution >= 4 is 0 Å². The van der Waals surface area contributed by atoms with Crippen LogP contribution in [0.5, 0.6) is 0 Å². The monoisotopic (exact) mass is 228 g/mol. The standard InChI is InChI=1S/C14H32N2/c1-8-15-13(14(5,6)7)10-11-16(9-2)12(3)4/h12-13,15H,8-11H2,1-7H3. The summed E-state index contributed by atoms with van der Waals surface area (Å²) in [4.78, 5) is 2.54. The summed E-state index contributed by atoms with van der Waals surface area (Å²) in [6, 6.07) is 1.28. The molecule has 0 aliphatic heterocycles. The van der Waals surface area contributed by atoms with E-state index in [1.54, 1.807) is 0 Å². The number of nitrogens with zero attached hydrogens (tertiary/aromatic N) is 1. The van der Waals surface area contributed by atoms with Crippen molar-refractivity contribution in [2.75, 3.05) is 19.6 Å². The minimum Gasteiger partial charge on any atom is -0.314 e. The van der Waals surface area contributed by atoms with Gasteiger partial charge in [0.05, 0.1) is 0 Å². The minimum atomic E-state index is 0.354. The van der Waals surface area contributed by atoms with Crippen molar-refractivity contribution in [2.24, 2.45) is 5.41 Å². The molecule has 0 aromatic rings. The lowest BCUT2D eigenvalue weighted by Crippen LogP contribution is -2.43. The Morgan fingerprint density at radius 3 is 2.00 bits per heavy atom. The minimum absolute atomic E-state index is 0.354. The molecule has 0 rings (SSSR count). The molecule has 0 saturated heterocycles. The van der Waals surface area contributed by atoms with Gasteiger partial charge in [-0.15, -0.1) is 0 Å². The van der Waals surface area contributed by atoms with Gasteiger partial charge in [0.25, 0.3) is 0 Å². The molecule has 0 amide bonds. The lowest BCUT2D eigenvalue weighted by atomic mass is 9.84. The van der Waals surface area contributed by atoms with Gasteiger partial charge in [0, 0.05) is 12.1 Å².